The number of ether oxygens (including phenoxy) is 1. The van der Waals surface area contributed by atoms with Gasteiger partial charge in [0.25, 0.3) is 0 Å². The van der Waals surface area contributed by atoms with Crippen LogP contribution in [0.1, 0.15) is 0 Å². The van der Waals surface area contributed by atoms with Crippen LogP contribution in [-0.2, 0) is 14.3 Å². The van der Waals surface area contributed by atoms with Crippen LogP contribution in [0.15, 0.2) is 12.8 Å². The number of carbonyl (C=O) groups excluding carboxylic acids is 2. The molecule has 0 amide bonds. The Morgan fingerprint density at radius 3 is 2.56 bits per heavy atom. The molecule has 0 saturated carbocycles. The molecule has 4 nitrogen and oxygen atoms in total. The van der Waals surface area contributed by atoms with Crippen LogP contribution in [0.4, 0.5) is 0 Å². The van der Waals surface area contributed by atoms with Crippen LogP contribution in [0.3, 0.4) is 0 Å². The van der Waals surface area contributed by atoms with Gasteiger partial charge in [-0.3, -0.25) is 4.79 Å². The molecular formula is C5H3NO3. The van der Waals surface area contributed by atoms with Crippen molar-refractivity contribution in [2.75, 3.05) is 0 Å². The van der Waals surface area contributed by atoms with E-state index in [0.29, 0.717) is 0 Å². The molecule has 0 radical (unpaired) electrons. The van der Waals surface area contributed by atoms with Gasteiger partial charge in [0.15, 0.2) is 6.07 Å². The van der Waals surface area contributed by atoms with Crippen LogP contribution in [0.25, 0.3) is 0 Å². The summed E-state index contributed by atoms with van der Waals surface area (Å²) < 4.78 is 3.95. The van der Waals surface area contributed by atoms with E-state index in [9.17, 15) is 9.59 Å². The largest absolute Gasteiger partial charge is 0.429 e. The first kappa shape index (κ1) is 7.37. The van der Waals surface area contributed by atoms with Gasteiger partial charge in [-0.05, 0) is 0 Å². The van der Waals surface area contributed by atoms with Crippen LogP contribution < -0.4 is 0 Å². The van der Waals surface area contributed by atoms with Gasteiger partial charge in [0.05, 0.1) is 6.26 Å². The first-order valence-electron chi connectivity index (χ1n) is 1.98. The third-order valence-electron chi connectivity index (χ3n) is 0.477. The summed E-state index contributed by atoms with van der Waals surface area (Å²) in [6, 6.07) is 1.09. The number of carbonyl (C=O) groups is 2. The molecule has 0 unspecified atom stereocenters. The van der Waals surface area contributed by atoms with E-state index < -0.39 is 11.8 Å². The molecule has 0 rings (SSSR count). The van der Waals surface area contributed by atoms with Gasteiger partial charge in [0.1, 0.15) is 0 Å². The van der Waals surface area contributed by atoms with Crippen molar-refractivity contribution in [1.29, 1.82) is 5.26 Å². The summed E-state index contributed by atoms with van der Waals surface area (Å²) in [5, 5.41) is 7.80. The van der Waals surface area contributed by atoms with Crippen molar-refractivity contribution in [2.24, 2.45) is 0 Å². The predicted molar refractivity (Wildman–Crippen MR) is 26.9 cm³/mol. The first-order valence-corrected chi connectivity index (χ1v) is 1.98. The van der Waals surface area contributed by atoms with E-state index in [-0.39, 0.29) is 0 Å². The van der Waals surface area contributed by atoms with Gasteiger partial charge < -0.3 is 4.74 Å². The highest BCUT2D eigenvalue weighted by Crippen LogP contribution is 1.78. The highest BCUT2D eigenvalue weighted by molar-refractivity contribution is 6.40. The Morgan fingerprint density at radius 2 is 2.22 bits per heavy atom. The van der Waals surface area contributed by atoms with Crippen LogP contribution >= 0.6 is 0 Å². The van der Waals surface area contributed by atoms with E-state index in [2.05, 4.69) is 11.3 Å². The van der Waals surface area contributed by atoms with Gasteiger partial charge in [-0.15, -0.1) is 0 Å². The summed E-state index contributed by atoms with van der Waals surface area (Å²) in [4.78, 5) is 20.1. The molecule has 0 aromatic heterocycles. The fourth-order valence-electron chi connectivity index (χ4n) is 0.175. The zero-order valence-corrected chi connectivity index (χ0v) is 4.46. The minimum Gasteiger partial charge on any atom is -0.429 e. The normalized spacial score (nSPS) is 7.00. The molecule has 0 fully saturated rings. The Hall–Kier alpha value is -1.63. The summed E-state index contributed by atoms with van der Waals surface area (Å²) in [6.45, 7) is 3.01. The molecule has 0 N–H and O–H groups in total. The second-order valence-corrected chi connectivity index (χ2v) is 1.01. The van der Waals surface area contributed by atoms with Crippen LogP contribution in [-0.4, -0.2) is 11.8 Å². The van der Waals surface area contributed by atoms with Crippen molar-refractivity contribution in [2.45, 2.75) is 0 Å². The third-order valence-corrected chi connectivity index (χ3v) is 0.477. The second-order valence-electron chi connectivity index (χ2n) is 1.01. The molecule has 0 saturated heterocycles. The van der Waals surface area contributed by atoms with Crippen molar-refractivity contribution in [3.63, 3.8) is 0 Å². The predicted octanol–water partition coefficient (Wildman–Crippen LogP) is -0.234. The quantitative estimate of drug-likeness (QED) is 0.221. The number of Topliss-reactive ketones (excluding diaryl/α,β-unsaturated/α-hetero) is 1. The monoisotopic (exact) mass is 125 g/mol. The number of hydrogen-bond donors (Lipinski definition) is 0. The van der Waals surface area contributed by atoms with Crippen LogP contribution in [0, 0.1) is 11.3 Å². The fourth-order valence-corrected chi connectivity index (χ4v) is 0.175. The van der Waals surface area contributed by atoms with Crippen molar-refractivity contribution in [3.8, 4) is 6.07 Å². The van der Waals surface area contributed by atoms with E-state index in [4.69, 9.17) is 5.26 Å². The minimum absolute atomic E-state index is 0.789. The van der Waals surface area contributed by atoms with Gasteiger partial charge in [-0.2, -0.15) is 5.26 Å². The molecule has 0 aromatic rings. The summed E-state index contributed by atoms with van der Waals surface area (Å²) in [5.74, 6) is -2.43. The lowest BCUT2D eigenvalue weighted by Gasteiger charge is -1.86. The summed E-state index contributed by atoms with van der Waals surface area (Å²) >= 11 is 0. The number of rotatable bonds is 2. The topological polar surface area (TPSA) is 67.2 Å². The number of esters is 1. The first-order chi connectivity index (χ1) is 4.22. The van der Waals surface area contributed by atoms with Crippen LogP contribution in [0.5, 0.6) is 0 Å². The minimum atomic E-state index is -1.23. The standard InChI is InChI=1S/C5H3NO3/c1-2-9-5(8)4(7)3-6/h2H,1H2. The molecule has 0 aliphatic carbocycles. The van der Waals surface area contributed by atoms with E-state index >= 15 is 0 Å². The van der Waals surface area contributed by atoms with Crippen molar-refractivity contribution in [3.05, 3.63) is 12.8 Å². The summed E-state index contributed by atoms with van der Waals surface area (Å²) in [5.41, 5.74) is 0. The lowest BCUT2D eigenvalue weighted by Crippen LogP contribution is -2.11. The molecule has 0 aliphatic heterocycles. The molecule has 0 aliphatic rings. The van der Waals surface area contributed by atoms with Crippen molar-refractivity contribution < 1.29 is 14.3 Å². The third kappa shape index (κ3) is 2.24. The van der Waals surface area contributed by atoms with E-state index in [1.807, 2.05) is 0 Å². The molecular weight excluding hydrogens is 122 g/mol. The molecule has 0 atom stereocenters. The van der Waals surface area contributed by atoms with Gasteiger partial charge in [-0.1, -0.05) is 6.58 Å². The number of nitriles is 1. The Kier molecular flexibility index (Phi) is 2.77. The van der Waals surface area contributed by atoms with E-state index in [1.165, 1.54) is 0 Å². The van der Waals surface area contributed by atoms with Crippen LogP contribution in [0.2, 0.25) is 0 Å². The van der Waals surface area contributed by atoms with Gasteiger partial charge in [0.2, 0.25) is 0 Å². The maximum absolute atomic E-state index is 10.1. The Morgan fingerprint density at radius 1 is 1.67 bits per heavy atom. The van der Waals surface area contributed by atoms with E-state index in [1.54, 1.807) is 0 Å². The second kappa shape index (κ2) is 3.38. The molecule has 0 aromatic carbocycles. The number of hydrogen-bond acceptors (Lipinski definition) is 4. The Labute approximate surface area is 51.3 Å². The number of nitrogens with zero attached hydrogens (tertiary/aromatic N) is 1. The summed E-state index contributed by atoms with van der Waals surface area (Å²) in [6.07, 6.45) is 0.789. The molecule has 0 bridgehead atoms. The molecule has 46 valence electrons. The Bertz CT molecular complexity index is 189. The Balaban J connectivity index is 3.92. The number of ketones is 1. The lowest BCUT2D eigenvalue weighted by molar-refractivity contribution is -0.147. The highest BCUT2D eigenvalue weighted by Gasteiger charge is 2.11. The highest BCUT2D eigenvalue weighted by atomic mass is 16.5. The van der Waals surface area contributed by atoms with Gasteiger partial charge >= 0.3 is 11.8 Å². The zero-order valence-electron chi connectivity index (χ0n) is 4.46. The maximum Gasteiger partial charge on any atom is 0.395 e. The lowest BCUT2D eigenvalue weighted by atomic mass is 10.4. The average molecular weight is 125 g/mol. The molecule has 4 heteroatoms. The van der Waals surface area contributed by atoms with Gasteiger partial charge in [-0.25, -0.2) is 4.79 Å². The average Bonchev–Trinajstić information content (AvgIpc) is 1.87. The fraction of sp³-hybridized carbons (Fsp3) is 0. The SMILES string of the molecule is C=COC(=O)C(=O)C#N. The molecule has 0 heterocycles. The summed E-state index contributed by atoms with van der Waals surface area (Å²) in [7, 11) is 0. The zero-order chi connectivity index (χ0) is 7.28. The van der Waals surface area contributed by atoms with Crippen molar-refractivity contribution >= 4 is 11.8 Å². The van der Waals surface area contributed by atoms with Crippen molar-refractivity contribution in [1.82, 2.24) is 0 Å². The molecule has 9 heavy (non-hydrogen) atoms. The van der Waals surface area contributed by atoms with E-state index in [0.717, 1.165) is 12.3 Å². The smallest absolute Gasteiger partial charge is 0.395 e. The molecule has 0 spiro atoms. The van der Waals surface area contributed by atoms with Gasteiger partial charge in [0, 0.05) is 0 Å². The maximum atomic E-state index is 10.1.